The molecule has 27 heavy (non-hydrogen) atoms. The first-order valence-electron chi connectivity index (χ1n) is 8.26. The number of amides is 1. The molecule has 4 N–H and O–H groups in total. The number of hydrogen-bond acceptors (Lipinski definition) is 6. The Labute approximate surface area is 155 Å². The van der Waals surface area contributed by atoms with Gasteiger partial charge in [0.25, 0.3) is 5.91 Å². The third-order valence-electron chi connectivity index (χ3n) is 3.79. The van der Waals surface area contributed by atoms with Crippen molar-refractivity contribution in [1.29, 1.82) is 0 Å². The molecule has 3 aromatic rings. The number of halogens is 1. The Bertz CT molecular complexity index is 930. The zero-order chi connectivity index (χ0) is 19.2. The van der Waals surface area contributed by atoms with E-state index in [2.05, 4.69) is 27.7 Å². The van der Waals surface area contributed by atoms with Crippen molar-refractivity contribution in [2.24, 2.45) is 0 Å². The van der Waals surface area contributed by atoms with Gasteiger partial charge in [-0.3, -0.25) is 15.6 Å². The van der Waals surface area contributed by atoms with Gasteiger partial charge in [-0.05, 0) is 48.4 Å². The van der Waals surface area contributed by atoms with Crippen LogP contribution in [0.1, 0.15) is 22.8 Å². The summed E-state index contributed by atoms with van der Waals surface area (Å²) in [5.74, 6) is 0.0336. The number of anilines is 2. The average Bonchev–Trinajstić information content (AvgIpc) is 2.69. The van der Waals surface area contributed by atoms with Crippen LogP contribution in [0.15, 0.2) is 54.9 Å². The SMILES string of the molecule is CCc1ccc(Oc2ncnc(NNC(=O)c3ccc(F)cc3)c2N)cc1. The Kier molecular flexibility index (Phi) is 5.46. The van der Waals surface area contributed by atoms with E-state index in [1.807, 2.05) is 24.3 Å². The summed E-state index contributed by atoms with van der Waals surface area (Å²) >= 11 is 0. The number of nitrogens with one attached hydrogen (secondary N) is 2. The van der Waals surface area contributed by atoms with Gasteiger partial charge in [-0.1, -0.05) is 19.1 Å². The molecule has 1 aromatic heterocycles. The highest BCUT2D eigenvalue weighted by atomic mass is 19.1. The molecule has 3 rings (SSSR count). The maximum absolute atomic E-state index is 12.9. The van der Waals surface area contributed by atoms with Gasteiger partial charge in [-0.2, -0.15) is 4.98 Å². The Morgan fingerprint density at radius 2 is 1.81 bits per heavy atom. The second-order valence-electron chi connectivity index (χ2n) is 5.63. The standard InChI is InChI=1S/C19H18FN5O2/c1-2-12-3-9-15(10-4-12)27-19-16(21)17(22-11-23-19)24-25-18(26)13-5-7-14(20)8-6-13/h3-11H,2,21H2,1H3,(H,25,26)(H,22,23,24). The monoisotopic (exact) mass is 367 g/mol. The van der Waals surface area contributed by atoms with E-state index in [1.165, 1.54) is 36.2 Å². The van der Waals surface area contributed by atoms with Gasteiger partial charge < -0.3 is 10.5 Å². The molecule has 0 aliphatic heterocycles. The molecule has 7 nitrogen and oxygen atoms in total. The van der Waals surface area contributed by atoms with E-state index < -0.39 is 11.7 Å². The van der Waals surface area contributed by atoms with Gasteiger partial charge in [0.15, 0.2) is 5.82 Å². The Hall–Kier alpha value is -3.68. The fourth-order valence-electron chi connectivity index (χ4n) is 2.25. The number of aromatic nitrogens is 2. The number of hydrazine groups is 1. The summed E-state index contributed by atoms with van der Waals surface area (Å²) in [7, 11) is 0. The largest absolute Gasteiger partial charge is 0.437 e. The second-order valence-corrected chi connectivity index (χ2v) is 5.63. The number of aryl methyl sites for hydroxylation is 1. The summed E-state index contributed by atoms with van der Waals surface area (Å²) in [5.41, 5.74) is 12.7. The molecule has 8 heteroatoms. The van der Waals surface area contributed by atoms with Gasteiger partial charge in [0.2, 0.25) is 5.88 Å². The smallest absolute Gasteiger partial charge is 0.269 e. The number of ether oxygens (including phenoxy) is 1. The Morgan fingerprint density at radius 1 is 1.11 bits per heavy atom. The van der Waals surface area contributed by atoms with E-state index in [1.54, 1.807) is 0 Å². The quantitative estimate of drug-likeness (QED) is 0.578. The van der Waals surface area contributed by atoms with Crippen LogP contribution in [0.3, 0.4) is 0 Å². The third kappa shape index (κ3) is 4.49. The number of nitrogens with zero attached hydrogens (tertiary/aromatic N) is 2. The van der Waals surface area contributed by atoms with Crippen LogP contribution in [0.4, 0.5) is 15.9 Å². The molecule has 2 aromatic carbocycles. The Morgan fingerprint density at radius 3 is 2.48 bits per heavy atom. The predicted molar refractivity (Wildman–Crippen MR) is 99.8 cm³/mol. The van der Waals surface area contributed by atoms with Crippen molar-refractivity contribution < 1.29 is 13.9 Å². The molecule has 138 valence electrons. The molecule has 0 atom stereocenters. The molecule has 1 heterocycles. The van der Waals surface area contributed by atoms with Crippen LogP contribution in [0, 0.1) is 5.82 Å². The first kappa shape index (κ1) is 18.1. The Balaban J connectivity index is 1.68. The number of nitrogens with two attached hydrogens (primary N) is 1. The number of hydrogen-bond donors (Lipinski definition) is 3. The zero-order valence-corrected chi connectivity index (χ0v) is 14.6. The summed E-state index contributed by atoms with van der Waals surface area (Å²) in [4.78, 5) is 20.1. The molecule has 0 unspecified atom stereocenters. The number of benzene rings is 2. The summed E-state index contributed by atoms with van der Waals surface area (Å²) in [6.45, 7) is 2.07. The minimum absolute atomic E-state index is 0.136. The molecule has 0 saturated heterocycles. The molecular weight excluding hydrogens is 349 g/mol. The first-order valence-corrected chi connectivity index (χ1v) is 8.26. The van der Waals surface area contributed by atoms with E-state index in [9.17, 15) is 9.18 Å². The van der Waals surface area contributed by atoms with E-state index >= 15 is 0 Å². The van der Waals surface area contributed by atoms with Crippen molar-refractivity contribution in [2.45, 2.75) is 13.3 Å². The molecule has 0 fully saturated rings. The minimum atomic E-state index is -0.467. The van der Waals surface area contributed by atoms with Gasteiger partial charge >= 0.3 is 0 Å². The molecule has 0 spiro atoms. The van der Waals surface area contributed by atoms with E-state index in [0.717, 1.165) is 6.42 Å². The molecular formula is C19H18FN5O2. The van der Waals surface area contributed by atoms with Crippen molar-refractivity contribution in [3.63, 3.8) is 0 Å². The van der Waals surface area contributed by atoms with E-state index in [0.29, 0.717) is 5.75 Å². The lowest BCUT2D eigenvalue weighted by atomic mass is 10.2. The molecule has 1 amide bonds. The first-order chi connectivity index (χ1) is 13.1. The van der Waals surface area contributed by atoms with Crippen molar-refractivity contribution in [2.75, 3.05) is 11.2 Å². The average molecular weight is 367 g/mol. The van der Waals surface area contributed by atoms with Crippen molar-refractivity contribution in [1.82, 2.24) is 15.4 Å². The lowest BCUT2D eigenvalue weighted by molar-refractivity contribution is 0.0962. The summed E-state index contributed by atoms with van der Waals surface area (Å²) in [6, 6.07) is 12.7. The van der Waals surface area contributed by atoms with Gasteiger partial charge in [0, 0.05) is 5.56 Å². The number of carbonyl (C=O) groups is 1. The van der Waals surface area contributed by atoms with Crippen LogP contribution in [-0.4, -0.2) is 15.9 Å². The number of nitrogen functional groups attached to an aromatic ring is 1. The maximum Gasteiger partial charge on any atom is 0.269 e. The van der Waals surface area contributed by atoms with E-state index in [-0.39, 0.29) is 22.9 Å². The lowest BCUT2D eigenvalue weighted by Crippen LogP contribution is -2.30. The predicted octanol–water partition coefficient (Wildman–Crippen LogP) is 3.31. The maximum atomic E-state index is 12.9. The van der Waals surface area contributed by atoms with Crippen LogP contribution >= 0.6 is 0 Å². The fraction of sp³-hybridized carbons (Fsp3) is 0.105. The topological polar surface area (TPSA) is 102 Å². The van der Waals surface area contributed by atoms with Crippen LogP contribution in [0.2, 0.25) is 0 Å². The fourth-order valence-corrected chi connectivity index (χ4v) is 2.25. The van der Waals surface area contributed by atoms with Crippen LogP contribution in [0.25, 0.3) is 0 Å². The molecule has 0 aliphatic rings. The zero-order valence-electron chi connectivity index (χ0n) is 14.6. The lowest BCUT2D eigenvalue weighted by Gasteiger charge is -2.12. The highest BCUT2D eigenvalue weighted by molar-refractivity contribution is 5.95. The van der Waals surface area contributed by atoms with Crippen molar-refractivity contribution in [3.8, 4) is 11.6 Å². The molecule has 0 bridgehead atoms. The number of carbonyl (C=O) groups excluding carboxylic acids is 1. The summed E-state index contributed by atoms with van der Waals surface area (Å²) in [6.07, 6.45) is 2.19. The number of rotatable bonds is 6. The highest BCUT2D eigenvalue weighted by Crippen LogP contribution is 2.29. The minimum Gasteiger partial charge on any atom is -0.437 e. The van der Waals surface area contributed by atoms with Crippen LogP contribution < -0.4 is 21.3 Å². The van der Waals surface area contributed by atoms with Gasteiger partial charge in [-0.25, -0.2) is 9.37 Å². The van der Waals surface area contributed by atoms with Gasteiger partial charge in [-0.15, -0.1) is 0 Å². The van der Waals surface area contributed by atoms with Crippen LogP contribution in [-0.2, 0) is 6.42 Å². The second kappa shape index (κ2) is 8.13. The van der Waals surface area contributed by atoms with Gasteiger partial charge in [0.1, 0.15) is 23.6 Å². The van der Waals surface area contributed by atoms with Crippen LogP contribution in [0.5, 0.6) is 11.6 Å². The van der Waals surface area contributed by atoms with Gasteiger partial charge in [0.05, 0.1) is 0 Å². The van der Waals surface area contributed by atoms with Crippen molar-refractivity contribution in [3.05, 3.63) is 71.8 Å². The van der Waals surface area contributed by atoms with Crippen molar-refractivity contribution >= 4 is 17.4 Å². The van der Waals surface area contributed by atoms with E-state index in [4.69, 9.17) is 10.5 Å². The third-order valence-corrected chi connectivity index (χ3v) is 3.79. The molecule has 0 saturated carbocycles. The molecule has 0 aliphatic carbocycles. The highest BCUT2D eigenvalue weighted by Gasteiger charge is 2.12. The molecule has 0 radical (unpaired) electrons. The normalized spacial score (nSPS) is 10.3. The summed E-state index contributed by atoms with van der Waals surface area (Å²) < 4.78 is 18.6. The summed E-state index contributed by atoms with van der Waals surface area (Å²) in [5, 5.41) is 0.